The number of alkyl carbamates (subject to hydrolysis) is 1. The Morgan fingerprint density at radius 3 is 2.27 bits per heavy atom. The average molecular weight is 681 g/mol. The number of rotatable bonds is 15. The van der Waals surface area contributed by atoms with E-state index in [4.69, 9.17) is 18.9 Å². The first kappa shape index (κ1) is 36.6. The number of benzene rings is 2. The fourth-order valence-electron chi connectivity index (χ4n) is 5.37. The van der Waals surface area contributed by atoms with Crippen molar-refractivity contribution in [2.45, 2.75) is 77.5 Å². The predicted octanol–water partition coefficient (Wildman–Crippen LogP) is 4.46. The molecule has 264 valence electrons. The Kier molecular flexibility index (Phi) is 12.5. The molecule has 1 unspecified atom stereocenters. The molecule has 4 rings (SSSR count). The smallest absolute Gasteiger partial charge is 0.407 e. The number of piperidine rings is 1. The summed E-state index contributed by atoms with van der Waals surface area (Å²) in [5.74, 6) is -0.674. The number of unbranched alkanes of at least 4 members (excludes halogenated alkanes) is 3. The fourth-order valence-corrected chi connectivity index (χ4v) is 5.37. The molecule has 3 N–H and O–H groups in total. The van der Waals surface area contributed by atoms with Crippen LogP contribution in [0.15, 0.2) is 40.6 Å². The molecule has 2 aromatic carbocycles. The number of nitrogens with one attached hydrogen (secondary N) is 3. The number of carbonyl (C=O) groups excluding carboxylic acids is 5. The highest BCUT2D eigenvalue weighted by atomic mass is 16.6. The second kappa shape index (κ2) is 16.8. The summed E-state index contributed by atoms with van der Waals surface area (Å²) in [5.41, 5.74) is 1.34. The van der Waals surface area contributed by atoms with Crippen molar-refractivity contribution in [1.82, 2.24) is 20.9 Å². The van der Waals surface area contributed by atoms with E-state index in [1.165, 1.54) is 19.1 Å². The SMILES string of the molecule is COc1cc(/N=N/c2cccc3c2CN(C2CCC(=O)NC2=O)C3=O)cc(OC)c1OCC(=O)NCCCCCCNC(=O)OC(C)(C)C. The van der Waals surface area contributed by atoms with E-state index >= 15 is 0 Å². The normalized spacial score (nSPS) is 15.9. The summed E-state index contributed by atoms with van der Waals surface area (Å²) in [6.07, 6.45) is 3.36. The average Bonchev–Trinajstić information content (AvgIpc) is 3.39. The molecule has 5 amide bonds. The maximum absolute atomic E-state index is 13.1. The van der Waals surface area contributed by atoms with E-state index in [0.29, 0.717) is 35.6 Å². The molecule has 0 radical (unpaired) electrons. The summed E-state index contributed by atoms with van der Waals surface area (Å²) >= 11 is 0. The summed E-state index contributed by atoms with van der Waals surface area (Å²) in [6, 6.07) is 7.51. The minimum absolute atomic E-state index is 0.157. The van der Waals surface area contributed by atoms with Gasteiger partial charge in [-0.1, -0.05) is 18.9 Å². The van der Waals surface area contributed by atoms with E-state index in [2.05, 4.69) is 26.2 Å². The molecule has 2 aliphatic rings. The molecule has 15 nitrogen and oxygen atoms in total. The third kappa shape index (κ3) is 10.1. The van der Waals surface area contributed by atoms with Gasteiger partial charge < -0.3 is 34.5 Å². The van der Waals surface area contributed by atoms with Crippen molar-refractivity contribution >= 4 is 41.1 Å². The van der Waals surface area contributed by atoms with Crippen LogP contribution in [0.5, 0.6) is 17.2 Å². The summed E-state index contributed by atoms with van der Waals surface area (Å²) in [5, 5.41) is 16.6. The first-order valence-corrected chi connectivity index (χ1v) is 16.2. The largest absolute Gasteiger partial charge is 0.493 e. The quantitative estimate of drug-likeness (QED) is 0.139. The van der Waals surface area contributed by atoms with Crippen LogP contribution in [0.3, 0.4) is 0 Å². The third-order valence-electron chi connectivity index (χ3n) is 7.72. The highest BCUT2D eigenvalue weighted by Crippen LogP contribution is 2.42. The maximum atomic E-state index is 13.1. The van der Waals surface area contributed by atoms with Gasteiger partial charge in [0.25, 0.3) is 11.8 Å². The minimum Gasteiger partial charge on any atom is -0.493 e. The monoisotopic (exact) mass is 680 g/mol. The van der Waals surface area contributed by atoms with Crippen LogP contribution in [0.2, 0.25) is 0 Å². The standard InChI is InChI=1S/C34H44N6O9/c1-34(2,3)49-33(45)36-16-9-7-6-8-15-35-29(42)20-48-30-26(46-4)17-21(18-27(30)47-5)38-39-24-12-10-11-22-23(24)19-40(32(22)44)25-13-14-28(41)37-31(25)43/h10-12,17-18,25H,6-9,13-16,19-20H2,1-5H3,(H,35,42)(H,36,45)(H,37,41,43)/b39-38+. The van der Waals surface area contributed by atoms with Gasteiger partial charge in [-0.15, -0.1) is 0 Å². The van der Waals surface area contributed by atoms with Gasteiger partial charge in [0.15, 0.2) is 18.1 Å². The van der Waals surface area contributed by atoms with Gasteiger partial charge in [0, 0.05) is 49.3 Å². The van der Waals surface area contributed by atoms with E-state index in [9.17, 15) is 24.0 Å². The number of nitrogens with zero attached hydrogens (tertiary/aromatic N) is 3. The van der Waals surface area contributed by atoms with Gasteiger partial charge >= 0.3 is 6.09 Å². The van der Waals surface area contributed by atoms with Crippen molar-refractivity contribution < 1.29 is 42.9 Å². The number of hydrogen-bond donors (Lipinski definition) is 3. The van der Waals surface area contributed by atoms with Gasteiger partial charge in [0.05, 0.1) is 25.6 Å². The van der Waals surface area contributed by atoms with E-state index in [1.807, 2.05) is 20.8 Å². The number of carbonyl (C=O) groups is 5. The Morgan fingerprint density at radius 1 is 0.959 bits per heavy atom. The number of ether oxygens (including phenoxy) is 4. The third-order valence-corrected chi connectivity index (χ3v) is 7.72. The number of hydrogen-bond acceptors (Lipinski definition) is 11. The maximum Gasteiger partial charge on any atom is 0.407 e. The molecule has 1 saturated heterocycles. The zero-order chi connectivity index (χ0) is 35.6. The molecule has 2 heterocycles. The van der Waals surface area contributed by atoms with Crippen molar-refractivity contribution in [2.24, 2.45) is 10.2 Å². The van der Waals surface area contributed by atoms with E-state index in [0.717, 1.165) is 25.7 Å². The van der Waals surface area contributed by atoms with Gasteiger partial charge in [-0.3, -0.25) is 24.5 Å². The molecule has 1 fully saturated rings. The molecule has 0 saturated carbocycles. The Bertz CT molecular complexity index is 1560. The van der Waals surface area contributed by atoms with E-state index in [-0.39, 0.29) is 61.0 Å². The lowest BCUT2D eigenvalue weighted by Gasteiger charge is -2.29. The number of imide groups is 1. The van der Waals surface area contributed by atoms with Crippen molar-refractivity contribution in [3.8, 4) is 17.2 Å². The van der Waals surface area contributed by atoms with Crippen molar-refractivity contribution in [1.29, 1.82) is 0 Å². The van der Waals surface area contributed by atoms with Crippen LogP contribution in [0.4, 0.5) is 16.2 Å². The lowest BCUT2D eigenvalue weighted by Crippen LogP contribution is -2.52. The van der Waals surface area contributed by atoms with Gasteiger partial charge in [-0.05, 0) is 52.2 Å². The fraction of sp³-hybridized carbons (Fsp3) is 0.500. The molecular formula is C34H44N6O9. The Balaban J connectivity index is 1.28. The Labute approximate surface area is 285 Å². The summed E-state index contributed by atoms with van der Waals surface area (Å²) in [6.45, 7) is 6.35. The lowest BCUT2D eigenvalue weighted by molar-refractivity contribution is -0.137. The molecule has 0 spiro atoms. The summed E-state index contributed by atoms with van der Waals surface area (Å²) < 4.78 is 22.0. The molecule has 2 aromatic rings. The van der Waals surface area contributed by atoms with Crippen LogP contribution >= 0.6 is 0 Å². The first-order chi connectivity index (χ1) is 23.4. The molecule has 0 aromatic heterocycles. The lowest BCUT2D eigenvalue weighted by atomic mass is 10.0. The van der Waals surface area contributed by atoms with Crippen LogP contribution in [0.1, 0.15) is 75.2 Å². The zero-order valence-corrected chi connectivity index (χ0v) is 28.6. The number of methoxy groups -OCH3 is 2. The number of azo groups is 1. The zero-order valence-electron chi connectivity index (χ0n) is 28.6. The van der Waals surface area contributed by atoms with Crippen LogP contribution in [0, 0.1) is 0 Å². The van der Waals surface area contributed by atoms with Gasteiger partial charge in [0.2, 0.25) is 17.6 Å². The molecule has 2 aliphatic heterocycles. The summed E-state index contributed by atoms with van der Waals surface area (Å²) in [7, 11) is 2.90. The molecular weight excluding hydrogens is 636 g/mol. The second-order valence-electron chi connectivity index (χ2n) is 12.6. The first-order valence-electron chi connectivity index (χ1n) is 16.2. The molecule has 49 heavy (non-hydrogen) atoms. The molecule has 15 heteroatoms. The van der Waals surface area contributed by atoms with Crippen LogP contribution in [-0.4, -0.2) is 80.2 Å². The molecule has 0 bridgehead atoms. The molecule has 1 atom stereocenters. The minimum atomic E-state index is -0.739. The highest BCUT2D eigenvalue weighted by Gasteiger charge is 2.40. The number of amides is 5. The van der Waals surface area contributed by atoms with Crippen molar-refractivity contribution in [3.63, 3.8) is 0 Å². The second-order valence-corrected chi connectivity index (χ2v) is 12.6. The topological polar surface area (TPSA) is 186 Å². The predicted molar refractivity (Wildman–Crippen MR) is 177 cm³/mol. The highest BCUT2D eigenvalue weighted by molar-refractivity contribution is 6.06. The summed E-state index contributed by atoms with van der Waals surface area (Å²) in [4.78, 5) is 62.7. The van der Waals surface area contributed by atoms with Crippen LogP contribution < -0.4 is 30.2 Å². The van der Waals surface area contributed by atoms with Crippen LogP contribution in [-0.2, 0) is 25.7 Å². The van der Waals surface area contributed by atoms with Gasteiger partial charge in [-0.2, -0.15) is 10.2 Å². The van der Waals surface area contributed by atoms with Gasteiger partial charge in [-0.25, -0.2) is 4.79 Å². The van der Waals surface area contributed by atoms with Crippen LogP contribution in [0.25, 0.3) is 0 Å². The number of fused-ring (bicyclic) bond motifs is 1. The van der Waals surface area contributed by atoms with E-state index < -0.39 is 23.6 Å². The van der Waals surface area contributed by atoms with Crippen molar-refractivity contribution in [2.75, 3.05) is 33.9 Å². The van der Waals surface area contributed by atoms with E-state index in [1.54, 1.807) is 30.3 Å². The Hall–Kier alpha value is -5.21. The molecule has 0 aliphatic carbocycles. The van der Waals surface area contributed by atoms with Crippen molar-refractivity contribution in [3.05, 3.63) is 41.5 Å². The van der Waals surface area contributed by atoms with Gasteiger partial charge in [0.1, 0.15) is 11.6 Å². The Morgan fingerprint density at radius 2 is 1.63 bits per heavy atom.